The molecule has 34 heavy (non-hydrogen) atoms. The average Bonchev–Trinajstić information content (AvgIpc) is 3.38. The van der Waals surface area contributed by atoms with E-state index in [9.17, 15) is 24.6 Å². The topological polar surface area (TPSA) is 209 Å². The van der Waals surface area contributed by atoms with Crippen LogP contribution in [0.1, 0.15) is 45.0 Å². The van der Waals surface area contributed by atoms with Gasteiger partial charge >= 0.3 is 12.2 Å². The van der Waals surface area contributed by atoms with Crippen LogP contribution in [0.4, 0.5) is 9.59 Å². The first kappa shape index (κ1) is 33.2. The van der Waals surface area contributed by atoms with Gasteiger partial charge in [0.15, 0.2) is 6.23 Å². The summed E-state index contributed by atoms with van der Waals surface area (Å²) in [5.41, 5.74) is 5.05. The molecule has 2 heterocycles. The minimum Gasteiger partial charge on any atom is -0.453 e. The lowest BCUT2D eigenvalue weighted by Crippen LogP contribution is -2.35. The molecule has 0 aromatic carbocycles. The van der Waals surface area contributed by atoms with Gasteiger partial charge in [0.05, 0.1) is 27.4 Å². The third kappa shape index (κ3) is 10.7. The smallest absolute Gasteiger partial charge is 0.406 e. The van der Waals surface area contributed by atoms with E-state index in [1.54, 1.807) is 0 Å². The summed E-state index contributed by atoms with van der Waals surface area (Å²) < 4.78 is 20.6. The zero-order valence-electron chi connectivity index (χ0n) is 18.1. The summed E-state index contributed by atoms with van der Waals surface area (Å²) in [6, 6.07) is 0. The molecular formula is C19H38N6O9. The van der Waals surface area contributed by atoms with E-state index in [1.807, 2.05) is 6.92 Å². The standard InChI is InChI=1S/C12H19N5O7.C5H11NO2.2CH4/c1-22-12(21)14-2-3-23-4-6-7(18)8(19)11(24-6)17-5-15-10(16-17)9(13)20;1-3-4-6-5(7)8-2;;/h5-8,11,18-19H,2-4H2,1H3,(H2,13,20)(H,14,21);3-4H2,1-2H3,(H,6,7);2*1H4/t6-,7-,8?,11-;;;/m1.../s1. The maximum absolute atomic E-state index is 11.0. The van der Waals surface area contributed by atoms with Gasteiger partial charge in [-0.2, -0.15) is 0 Å². The highest BCUT2D eigenvalue weighted by molar-refractivity contribution is 5.88. The number of carbonyl (C=O) groups excluding carboxylic acids is 3. The Morgan fingerprint density at radius 3 is 2.21 bits per heavy atom. The van der Waals surface area contributed by atoms with Crippen LogP contribution in [0, 0.1) is 0 Å². The van der Waals surface area contributed by atoms with Crippen LogP contribution in [0.3, 0.4) is 0 Å². The van der Waals surface area contributed by atoms with E-state index in [2.05, 4.69) is 30.2 Å². The number of nitrogens with two attached hydrogens (primary N) is 1. The van der Waals surface area contributed by atoms with Gasteiger partial charge in [-0.15, -0.1) is 5.10 Å². The Morgan fingerprint density at radius 2 is 1.71 bits per heavy atom. The zero-order valence-corrected chi connectivity index (χ0v) is 18.1. The van der Waals surface area contributed by atoms with Gasteiger partial charge in [0, 0.05) is 13.1 Å². The molecule has 1 saturated heterocycles. The summed E-state index contributed by atoms with van der Waals surface area (Å²) in [6.07, 6.45) is -3.17. The summed E-state index contributed by atoms with van der Waals surface area (Å²) in [6.45, 7) is 3.03. The Labute approximate surface area is 198 Å². The van der Waals surface area contributed by atoms with Crippen molar-refractivity contribution in [3.63, 3.8) is 0 Å². The number of nitrogens with zero attached hydrogens (tertiary/aromatic N) is 3. The maximum Gasteiger partial charge on any atom is 0.406 e. The molecule has 0 saturated carbocycles. The SMILES string of the molecule is C.C.CCCNC(=O)OC.COC(=O)NCCOC[C@H]1O[C@@H](n2cnc(C(N)=O)n2)C(O)[C@@H]1O. The molecule has 1 aromatic rings. The molecule has 0 aliphatic carbocycles. The number of hydrogen-bond acceptors (Lipinski definition) is 11. The highest BCUT2D eigenvalue weighted by Gasteiger charge is 2.44. The molecule has 0 spiro atoms. The lowest BCUT2D eigenvalue weighted by molar-refractivity contribution is -0.0708. The fourth-order valence-electron chi connectivity index (χ4n) is 2.39. The van der Waals surface area contributed by atoms with Crippen LogP contribution in [-0.2, 0) is 18.9 Å². The predicted octanol–water partition coefficient (Wildman–Crippen LogP) is -0.607. The highest BCUT2D eigenvalue weighted by Crippen LogP contribution is 2.28. The molecule has 0 radical (unpaired) electrons. The Hall–Kier alpha value is -3.01. The van der Waals surface area contributed by atoms with Crippen LogP contribution in [0.5, 0.6) is 0 Å². The second kappa shape index (κ2) is 17.5. The summed E-state index contributed by atoms with van der Waals surface area (Å²) in [5, 5.41) is 28.7. The minimum atomic E-state index is -1.28. The molecule has 1 fully saturated rings. The highest BCUT2D eigenvalue weighted by atomic mass is 16.6. The number of rotatable bonds is 9. The Balaban J connectivity index is 0. The molecule has 1 aliphatic rings. The third-order valence-electron chi connectivity index (χ3n) is 4.01. The van der Waals surface area contributed by atoms with Crippen molar-refractivity contribution in [2.45, 2.75) is 52.7 Å². The molecule has 4 atom stereocenters. The van der Waals surface area contributed by atoms with Crippen molar-refractivity contribution in [1.29, 1.82) is 0 Å². The normalized spacial score (nSPS) is 20.5. The van der Waals surface area contributed by atoms with Crippen molar-refractivity contribution in [3.8, 4) is 0 Å². The molecule has 15 heteroatoms. The molecule has 1 aromatic heterocycles. The fourth-order valence-corrected chi connectivity index (χ4v) is 2.39. The van der Waals surface area contributed by atoms with Crippen LogP contribution in [0.2, 0.25) is 0 Å². The van der Waals surface area contributed by atoms with Gasteiger partial charge < -0.3 is 45.5 Å². The number of hydrogen-bond donors (Lipinski definition) is 5. The first-order chi connectivity index (χ1) is 15.2. The van der Waals surface area contributed by atoms with Gasteiger partial charge in [0.2, 0.25) is 5.82 Å². The monoisotopic (exact) mass is 494 g/mol. The predicted molar refractivity (Wildman–Crippen MR) is 120 cm³/mol. The molecule has 3 amide bonds. The number of aromatic nitrogens is 3. The summed E-state index contributed by atoms with van der Waals surface area (Å²) in [4.78, 5) is 35.7. The number of ether oxygens (including phenoxy) is 4. The summed E-state index contributed by atoms with van der Waals surface area (Å²) >= 11 is 0. The summed E-state index contributed by atoms with van der Waals surface area (Å²) in [7, 11) is 2.60. The average molecular weight is 495 g/mol. The van der Waals surface area contributed by atoms with Gasteiger partial charge in [-0.25, -0.2) is 19.3 Å². The van der Waals surface area contributed by atoms with Crippen LogP contribution >= 0.6 is 0 Å². The van der Waals surface area contributed by atoms with Crippen molar-refractivity contribution in [2.24, 2.45) is 5.73 Å². The minimum absolute atomic E-state index is 0. The van der Waals surface area contributed by atoms with E-state index in [0.717, 1.165) is 11.1 Å². The van der Waals surface area contributed by atoms with E-state index in [1.165, 1.54) is 20.5 Å². The van der Waals surface area contributed by atoms with Crippen molar-refractivity contribution < 1.29 is 43.5 Å². The maximum atomic E-state index is 11.0. The van der Waals surface area contributed by atoms with Crippen LogP contribution in [0.15, 0.2) is 6.33 Å². The third-order valence-corrected chi connectivity index (χ3v) is 4.01. The quantitative estimate of drug-likeness (QED) is 0.273. The van der Waals surface area contributed by atoms with Crippen molar-refractivity contribution in [2.75, 3.05) is 40.5 Å². The molecular weight excluding hydrogens is 456 g/mol. The molecule has 1 aliphatic heterocycles. The van der Waals surface area contributed by atoms with Crippen molar-refractivity contribution in [3.05, 3.63) is 12.2 Å². The molecule has 15 nitrogen and oxygen atoms in total. The Bertz CT molecular complexity index is 733. The van der Waals surface area contributed by atoms with Gasteiger partial charge in [-0.3, -0.25) is 4.79 Å². The molecule has 2 rings (SSSR count). The van der Waals surface area contributed by atoms with Crippen molar-refractivity contribution in [1.82, 2.24) is 25.4 Å². The van der Waals surface area contributed by atoms with Crippen LogP contribution in [0.25, 0.3) is 0 Å². The number of primary amides is 1. The Kier molecular flexibility index (Phi) is 17.0. The number of aliphatic hydroxyl groups excluding tert-OH is 2. The number of nitrogens with one attached hydrogen (secondary N) is 2. The first-order valence-corrected chi connectivity index (χ1v) is 9.69. The number of amides is 3. The number of methoxy groups -OCH3 is 2. The molecule has 198 valence electrons. The van der Waals surface area contributed by atoms with Crippen LogP contribution < -0.4 is 16.4 Å². The van der Waals surface area contributed by atoms with E-state index < -0.39 is 36.5 Å². The molecule has 1 unspecified atom stereocenters. The molecule has 6 N–H and O–H groups in total. The molecule has 0 bridgehead atoms. The van der Waals surface area contributed by atoms with Gasteiger partial charge in [0.25, 0.3) is 5.91 Å². The lowest BCUT2D eigenvalue weighted by atomic mass is 10.1. The lowest BCUT2D eigenvalue weighted by Gasteiger charge is -2.14. The van der Waals surface area contributed by atoms with E-state index >= 15 is 0 Å². The van der Waals surface area contributed by atoms with Crippen molar-refractivity contribution >= 4 is 18.1 Å². The second-order valence-electron chi connectivity index (χ2n) is 6.37. The van der Waals surface area contributed by atoms with E-state index in [4.69, 9.17) is 15.2 Å². The number of aliphatic hydroxyl groups is 2. The van der Waals surface area contributed by atoms with Crippen LogP contribution in [-0.4, -0.2) is 102 Å². The Morgan fingerprint density at radius 1 is 1.12 bits per heavy atom. The summed E-state index contributed by atoms with van der Waals surface area (Å²) in [5.74, 6) is -1.05. The number of carbonyl (C=O) groups is 3. The largest absolute Gasteiger partial charge is 0.453 e. The first-order valence-electron chi connectivity index (χ1n) is 9.69. The van der Waals surface area contributed by atoms with E-state index in [0.29, 0.717) is 6.54 Å². The van der Waals surface area contributed by atoms with Gasteiger partial charge in [-0.1, -0.05) is 21.8 Å². The second-order valence-corrected chi connectivity index (χ2v) is 6.37. The van der Waals surface area contributed by atoms with E-state index in [-0.39, 0.29) is 46.5 Å². The van der Waals surface area contributed by atoms with Gasteiger partial charge in [-0.05, 0) is 6.42 Å². The number of alkyl carbamates (subject to hydrolysis) is 2. The van der Waals surface area contributed by atoms with Gasteiger partial charge in [0.1, 0.15) is 24.6 Å². The fraction of sp³-hybridized carbons (Fsp3) is 0.737. The zero-order chi connectivity index (χ0) is 24.1.